The zero-order valence-electron chi connectivity index (χ0n) is 8.49. The molecule has 0 radical (unpaired) electrons. The summed E-state index contributed by atoms with van der Waals surface area (Å²) in [7, 11) is 0. The molecule has 0 saturated heterocycles. The molecule has 0 unspecified atom stereocenters. The molecule has 0 amide bonds. The molecule has 0 heterocycles. The van der Waals surface area contributed by atoms with Crippen molar-refractivity contribution in [1.29, 1.82) is 0 Å². The number of aliphatic hydroxyl groups excluding tert-OH is 1. The van der Waals surface area contributed by atoms with Gasteiger partial charge >= 0.3 is 0 Å². The van der Waals surface area contributed by atoms with E-state index in [4.69, 9.17) is 0 Å². The van der Waals surface area contributed by atoms with Gasteiger partial charge in [-0.2, -0.15) is 0 Å². The zero-order valence-corrected chi connectivity index (χ0v) is 8.49. The molecule has 1 fully saturated rings. The smallest absolute Gasteiger partial charge is 0.182 e. The van der Waals surface area contributed by atoms with Crippen LogP contribution < -0.4 is 0 Å². The minimum absolute atomic E-state index is 0.0321. The molecule has 3 nitrogen and oxygen atoms in total. The number of Topliss-reactive ketones (excluding diaryl/α,β-unsaturated/α-hetero) is 1. The minimum atomic E-state index is -1.01. The molecule has 78 valence electrons. The molecular formula is C12H12O3. The van der Waals surface area contributed by atoms with Crippen LogP contribution in [-0.2, 0) is 9.59 Å². The molecule has 3 aliphatic carbocycles. The Kier molecular flexibility index (Phi) is 1.49. The highest BCUT2D eigenvalue weighted by molar-refractivity contribution is 6.12. The van der Waals surface area contributed by atoms with Crippen LogP contribution in [0, 0.1) is 11.3 Å². The number of allylic oxidation sites excluding steroid dienone is 2. The van der Waals surface area contributed by atoms with Crippen LogP contribution in [-0.4, -0.2) is 22.8 Å². The number of hydrogen-bond acceptors (Lipinski definition) is 3. The maximum atomic E-state index is 11.9. The van der Waals surface area contributed by atoms with E-state index in [9.17, 15) is 14.7 Å². The van der Waals surface area contributed by atoms with Crippen molar-refractivity contribution in [3.8, 4) is 0 Å². The summed E-state index contributed by atoms with van der Waals surface area (Å²) in [5.74, 6) is -0.500. The first-order valence-corrected chi connectivity index (χ1v) is 5.24. The maximum absolute atomic E-state index is 11.9. The number of carbonyl (C=O) groups is 2. The monoisotopic (exact) mass is 204 g/mol. The zero-order chi connectivity index (χ0) is 10.8. The number of aliphatic hydroxyl groups is 1. The van der Waals surface area contributed by atoms with E-state index >= 15 is 0 Å². The lowest BCUT2D eigenvalue weighted by atomic mass is 9.73. The molecule has 0 aromatic heterocycles. The second-order valence-corrected chi connectivity index (χ2v) is 4.68. The van der Waals surface area contributed by atoms with E-state index in [-0.39, 0.29) is 17.5 Å². The van der Waals surface area contributed by atoms with Gasteiger partial charge in [-0.05, 0) is 25.8 Å². The van der Waals surface area contributed by atoms with Gasteiger partial charge in [-0.15, -0.1) is 0 Å². The highest BCUT2D eigenvalue weighted by Crippen LogP contribution is 2.58. The van der Waals surface area contributed by atoms with E-state index in [1.54, 1.807) is 6.08 Å². The van der Waals surface area contributed by atoms with Crippen molar-refractivity contribution in [2.75, 3.05) is 0 Å². The average Bonchev–Trinajstić information content (AvgIpc) is 2.93. The van der Waals surface area contributed by atoms with Gasteiger partial charge < -0.3 is 5.11 Å². The molecule has 0 aromatic carbocycles. The third kappa shape index (κ3) is 0.893. The summed E-state index contributed by atoms with van der Waals surface area (Å²) < 4.78 is 0. The van der Waals surface area contributed by atoms with Gasteiger partial charge in [0.1, 0.15) is 6.10 Å². The Hall–Kier alpha value is -1.22. The first kappa shape index (κ1) is 9.04. The van der Waals surface area contributed by atoms with Crippen molar-refractivity contribution in [2.45, 2.75) is 25.9 Å². The summed E-state index contributed by atoms with van der Waals surface area (Å²) in [6, 6.07) is 0. The lowest BCUT2D eigenvalue weighted by Gasteiger charge is -2.31. The third-order valence-corrected chi connectivity index (χ3v) is 4.01. The normalized spacial score (nSPS) is 36.4. The van der Waals surface area contributed by atoms with E-state index in [0.717, 1.165) is 18.4 Å². The summed E-state index contributed by atoms with van der Waals surface area (Å²) in [5.41, 5.74) is 1.09. The van der Waals surface area contributed by atoms with Crippen molar-refractivity contribution in [2.24, 2.45) is 11.3 Å². The van der Waals surface area contributed by atoms with Crippen LogP contribution in [0.2, 0.25) is 0 Å². The summed E-state index contributed by atoms with van der Waals surface area (Å²) in [4.78, 5) is 23.6. The van der Waals surface area contributed by atoms with Crippen LogP contribution in [0.3, 0.4) is 0 Å². The second-order valence-electron chi connectivity index (χ2n) is 4.68. The molecule has 15 heavy (non-hydrogen) atoms. The van der Waals surface area contributed by atoms with Crippen molar-refractivity contribution in [1.82, 2.24) is 0 Å². The fourth-order valence-corrected chi connectivity index (χ4v) is 2.87. The van der Waals surface area contributed by atoms with Gasteiger partial charge in [-0.25, -0.2) is 0 Å². The summed E-state index contributed by atoms with van der Waals surface area (Å²) >= 11 is 0. The molecule has 0 bridgehead atoms. The van der Waals surface area contributed by atoms with Crippen molar-refractivity contribution < 1.29 is 14.7 Å². The molecule has 1 saturated carbocycles. The van der Waals surface area contributed by atoms with Gasteiger partial charge in [0.25, 0.3) is 0 Å². The van der Waals surface area contributed by atoms with Gasteiger partial charge in [-0.3, -0.25) is 9.59 Å². The van der Waals surface area contributed by atoms with E-state index in [0.29, 0.717) is 5.57 Å². The first-order valence-electron chi connectivity index (χ1n) is 5.24. The first-order chi connectivity index (χ1) is 7.08. The van der Waals surface area contributed by atoms with Gasteiger partial charge in [0, 0.05) is 11.5 Å². The van der Waals surface area contributed by atoms with Crippen LogP contribution in [0.25, 0.3) is 0 Å². The highest BCUT2D eigenvalue weighted by Gasteiger charge is 2.59. The summed E-state index contributed by atoms with van der Waals surface area (Å²) in [6.07, 6.45) is 3.70. The number of hydrogen-bond donors (Lipinski definition) is 1. The van der Waals surface area contributed by atoms with Crippen LogP contribution >= 0.6 is 0 Å². The fraction of sp³-hybridized carbons (Fsp3) is 0.500. The predicted molar refractivity (Wildman–Crippen MR) is 53.0 cm³/mol. The molecule has 3 rings (SSSR count). The maximum Gasteiger partial charge on any atom is 0.182 e. The summed E-state index contributed by atoms with van der Waals surface area (Å²) in [6.45, 7) is 1.87. The lowest BCUT2D eigenvalue weighted by Crippen LogP contribution is -2.41. The standard InChI is InChI=1S/C12H12O3/c1-6-9-7(2-3-8(9)13)10(14)11(15)12(6)4-5-12/h2-3,7,10,14H,4-5H2,1H3/t7-,10-/m1/s1. The number of ketones is 2. The van der Waals surface area contributed by atoms with Crippen molar-refractivity contribution >= 4 is 11.6 Å². The lowest BCUT2D eigenvalue weighted by molar-refractivity contribution is -0.133. The van der Waals surface area contributed by atoms with E-state index in [1.807, 2.05) is 6.92 Å². The SMILES string of the molecule is CC1=C2C(=O)C=C[C@H]2[C@@H](O)C(=O)C12CC2. The molecule has 0 aromatic rings. The Morgan fingerprint density at radius 2 is 2.07 bits per heavy atom. The van der Waals surface area contributed by atoms with Gasteiger partial charge in [0.2, 0.25) is 0 Å². The van der Waals surface area contributed by atoms with E-state index in [1.165, 1.54) is 6.08 Å². The molecule has 0 aliphatic heterocycles. The van der Waals surface area contributed by atoms with Crippen LogP contribution in [0.1, 0.15) is 19.8 Å². The van der Waals surface area contributed by atoms with Crippen LogP contribution in [0.4, 0.5) is 0 Å². The molecule has 1 spiro atoms. The second kappa shape index (κ2) is 2.47. The predicted octanol–water partition coefficient (Wildman–Crippen LogP) is 0.782. The Labute approximate surface area is 87.5 Å². The molecule has 3 heteroatoms. The van der Waals surface area contributed by atoms with Crippen molar-refractivity contribution in [3.63, 3.8) is 0 Å². The molecule has 1 N–H and O–H groups in total. The van der Waals surface area contributed by atoms with Crippen LogP contribution in [0.5, 0.6) is 0 Å². The molecule has 3 aliphatic rings. The quantitative estimate of drug-likeness (QED) is 0.634. The number of rotatable bonds is 0. The van der Waals surface area contributed by atoms with Gasteiger partial charge in [-0.1, -0.05) is 11.6 Å². The van der Waals surface area contributed by atoms with Crippen LogP contribution in [0.15, 0.2) is 23.3 Å². The average molecular weight is 204 g/mol. The molecular weight excluding hydrogens is 192 g/mol. The number of fused-ring (bicyclic) bond motifs is 1. The Bertz CT molecular complexity index is 438. The molecule has 2 atom stereocenters. The Morgan fingerprint density at radius 1 is 1.40 bits per heavy atom. The van der Waals surface area contributed by atoms with E-state index < -0.39 is 11.5 Å². The topological polar surface area (TPSA) is 54.4 Å². The number of carbonyl (C=O) groups excluding carboxylic acids is 2. The van der Waals surface area contributed by atoms with Gasteiger partial charge in [0.15, 0.2) is 11.6 Å². The Morgan fingerprint density at radius 3 is 2.67 bits per heavy atom. The van der Waals surface area contributed by atoms with E-state index in [2.05, 4.69) is 0 Å². The largest absolute Gasteiger partial charge is 0.384 e. The fourth-order valence-electron chi connectivity index (χ4n) is 2.87. The highest BCUT2D eigenvalue weighted by atomic mass is 16.3. The summed E-state index contributed by atoms with van der Waals surface area (Å²) in [5, 5.41) is 9.87. The van der Waals surface area contributed by atoms with Crippen molar-refractivity contribution in [3.05, 3.63) is 23.3 Å². The third-order valence-electron chi connectivity index (χ3n) is 4.01. The Balaban J connectivity index is 2.21. The van der Waals surface area contributed by atoms with Gasteiger partial charge in [0.05, 0.1) is 5.41 Å². The minimum Gasteiger partial charge on any atom is -0.384 e.